The normalized spacial score (nSPS) is 11.2. The second-order valence-corrected chi connectivity index (χ2v) is 8.95. The highest BCUT2D eigenvalue weighted by atomic mass is 32.2. The van der Waals surface area contributed by atoms with Gasteiger partial charge in [-0.25, -0.2) is 13.4 Å². The maximum atomic E-state index is 12.8. The van der Waals surface area contributed by atoms with Crippen LogP contribution < -0.4 is 18.9 Å². The Labute approximate surface area is 197 Å². The zero-order valence-corrected chi connectivity index (χ0v) is 19.8. The number of rotatable bonds is 8. The zero-order chi connectivity index (χ0) is 24.3. The molecule has 0 bridgehead atoms. The van der Waals surface area contributed by atoms with Crippen LogP contribution in [0.25, 0.3) is 5.82 Å². The number of sulfonamides is 1. The van der Waals surface area contributed by atoms with Crippen LogP contribution >= 0.6 is 0 Å². The van der Waals surface area contributed by atoms with Crippen LogP contribution in [0.1, 0.15) is 11.4 Å². The Balaban J connectivity index is 1.44. The van der Waals surface area contributed by atoms with Gasteiger partial charge in [0, 0.05) is 23.5 Å². The first kappa shape index (κ1) is 23.1. The van der Waals surface area contributed by atoms with Crippen LogP contribution in [0, 0.1) is 13.8 Å². The highest BCUT2D eigenvalue weighted by Gasteiger charge is 2.17. The number of nitrogens with zero attached hydrogens (tertiary/aromatic N) is 4. The van der Waals surface area contributed by atoms with E-state index in [9.17, 15) is 8.42 Å². The minimum atomic E-state index is -3.83. The molecule has 0 aliphatic carbocycles. The molecule has 2 aromatic heterocycles. The van der Waals surface area contributed by atoms with Gasteiger partial charge < -0.3 is 14.2 Å². The topological polar surface area (TPSA) is 117 Å². The number of ether oxygens (including phenoxy) is 3. The first-order valence-corrected chi connectivity index (χ1v) is 11.7. The van der Waals surface area contributed by atoms with Gasteiger partial charge in [0.25, 0.3) is 10.0 Å². The van der Waals surface area contributed by atoms with E-state index in [2.05, 4.69) is 19.9 Å². The van der Waals surface area contributed by atoms with Crippen molar-refractivity contribution in [3.05, 3.63) is 72.3 Å². The molecule has 0 spiro atoms. The van der Waals surface area contributed by atoms with E-state index in [4.69, 9.17) is 14.2 Å². The van der Waals surface area contributed by atoms with Gasteiger partial charge in [-0.3, -0.25) is 9.29 Å². The number of anilines is 1. The summed E-state index contributed by atoms with van der Waals surface area (Å²) in [4.78, 5) is 4.30. The molecule has 0 saturated carbocycles. The summed E-state index contributed by atoms with van der Waals surface area (Å²) in [6.45, 7) is 3.88. The molecule has 4 rings (SSSR count). The van der Waals surface area contributed by atoms with Crippen molar-refractivity contribution in [2.24, 2.45) is 0 Å². The monoisotopic (exact) mass is 481 g/mol. The Morgan fingerprint density at radius 2 is 1.62 bits per heavy atom. The van der Waals surface area contributed by atoms with Gasteiger partial charge in [-0.2, -0.15) is 0 Å². The van der Waals surface area contributed by atoms with Crippen LogP contribution in [0.5, 0.6) is 23.1 Å². The average molecular weight is 482 g/mol. The summed E-state index contributed by atoms with van der Waals surface area (Å²) in [5.74, 6) is 2.17. The number of methoxy groups -OCH3 is 2. The molecule has 34 heavy (non-hydrogen) atoms. The molecule has 4 aromatic rings. The quantitative estimate of drug-likeness (QED) is 0.403. The predicted molar refractivity (Wildman–Crippen MR) is 125 cm³/mol. The van der Waals surface area contributed by atoms with Gasteiger partial charge in [0.2, 0.25) is 5.88 Å². The van der Waals surface area contributed by atoms with Crippen molar-refractivity contribution < 1.29 is 22.6 Å². The summed E-state index contributed by atoms with van der Waals surface area (Å²) in [5.41, 5.74) is 2.27. The highest BCUT2D eigenvalue weighted by molar-refractivity contribution is 7.92. The Morgan fingerprint density at radius 3 is 2.21 bits per heavy atom. The number of aryl methyl sites for hydroxylation is 1. The molecule has 11 heteroatoms. The van der Waals surface area contributed by atoms with Crippen molar-refractivity contribution in [3.63, 3.8) is 0 Å². The Kier molecular flexibility index (Phi) is 6.37. The fraction of sp³-hybridized carbons (Fsp3) is 0.174. The van der Waals surface area contributed by atoms with Gasteiger partial charge in [0.15, 0.2) is 17.3 Å². The maximum absolute atomic E-state index is 12.8. The van der Waals surface area contributed by atoms with Gasteiger partial charge in [-0.15, -0.1) is 10.2 Å². The number of aromatic nitrogens is 4. The smallest absolute Gasteiger partial charge is 0.262 e. The van der Waals surface area contributed by atoms with E-state index in [1.165, 1.54) is 32.4 Å². The third-order valence-corrected chi connectivity index (χ3v) is 6.50. The van der Waals surface area contributed by atoms with E-state index in [1.807, 2.05) is 18.4 Å². The number of benzene rings is 2. The predicted octanol–water partition coefficient (Wildman–Crippen LogP) is 3.89. The Bertz CT molecular complexity index is 1400. The molecule has 0 amide bonds. The van der Waals surface area contributed by atoms with E-state index in [1.54, 1.807) is 42.7 Å². The van der Waals surface area contributed by atoms with Crippen molar-refractivity contribution in [3.8, 4) is 28.9 Å². The van der Waals surface area contributed by atoms with Crippen molar-refractivity contribution >= 4 is 15.7 Å². The van der Waals surface area contributed by atoms with E-state index in [-0.39, 0.29) is 4.90 Å². The lowest BCUT2D eigenvalue weighted by Crippen LogP contribution is -2.13. The molecule has 176 valence electrons. The van der Waals surface area contributed by atoms with Gasteiger partial charge >= 0.3 is 0 Å². The molecule has 2 heterocycles. The molecule has 1 N–H and O–H groups in total. The van der Waals surface area contributed by atoms with Crippen LogP contribution in [-0.2, 0) is 10.0 Å². The third kappa shape index (κ3) is 4.79. The maximum Gasteiger partial charge on any atom is 0.262 e. The van der Waals surface area contributed by atoms with Crippen LogP contribution in [0.4, 0.5) is 5.69 Å². The van der Waals surface area contributed by atoms with Gasteiger partial charge in [-0.05, 0) is 56.3 Å². The number of nitrogens with one attached hydrogen (secondary N) is 1. The van der Waals surface area contributed by atoms with Crippen LogP contribution in [-0.4, -0.2) is 42.4 Å². The molecular weight excluding hydrogens is 458 g/mol. The molecule has 2 aromatic carbocycles. The fourth-order valence-electron chi connectivity index (χ4n) is 3.14. The molecule has 0 saturated heterocycles. The summed E-state index contributed by atoms with van der Waals surface area (Å²) < 4.78 is 45.9. The van der Waals surface area contributed by atoms with Crippen LogP contribution in [0.15, 0.2) is 65.8 Å². The first-order valence-electron chi connectivity index (χ1n) is 10.2. The van der Waals surface area contributed by atoms with Crippen LogP contribution in [0.3, 0.4) is 0 Å². The molecule has 0 radical (unpaired) electrons. The lowest BCUT2D eigenvalue weighted by Gasteiger charge is -2.12. The summed E-state index contributed by atoms with van der Waals surface area (Å²) in [7, 11) is -0.908. The lowest BCUT2D eigenvalue weighted by atomic mass is 10.3. The summed E-state index contributed by atoms with van der Waals surface area (Å²) in [6.07, 6.45) is 1.69. The van der Waals surface area contributed by atoms with E-state index in [0.29, 0.717) is 34.6 Å². The molecule has 0 aliphatic rings. The number of hydrogen-bond donors (Lipinski definition) is 1. The minimum absolute atomic E-state index is 0.0455. The Hall–Kier alpha value is -4.12. The molecule has 0 aliphatic heterocycles. The standard InChI is InChI=1S/C23H23N5O5S/c1-15-16(2)28(14-24-15)22-11-12-23(26-25-22)33-18-7-5-17(6-8-18)27-34(29,30)19-9-10-20(31-3)21(13-19)32-4/h5-14,27H,1-4H3. The second-order valence-electron chi connectivity index (χ2n) is 7.26. The van der Waals surface area contributed by atoms with E-state index < -0.39 is 10.0 Å². The molecule has 10 nitrogen and oxygen atoms in total. The SMILES string of the molecule is COc1ccc(S(=O)(=O)Nc2ccc(Oc3ccc(-n4cnc(C)c4C)nn3)cc2)cc1OC. The minimum Gasteiger partial charge on any atom is -0.493 e. The Morgan fingerprint density at radius 1 is 0.882 bits per heavy atom. The van der Waals surface area contributed by atoms with E-state index in [0.717, 1.165) is 11.4 Å². The van der Waals surface area contributed by atoms with Gasteiger partial charge in [0.1, 0.15) is 12.1 Å². The van der Waals surface area contributed by atoms with Gasteiger partial charge in [0.05, 0.1) is 24.8 Å². The highest BCUT2D eigenvalue weighted by Crippen LogP contribution is 2.30. The fourth-order valence-corrected chi connectivity index (χ4v) is 4.21. The van der Waals surface area contributed by atoms with Crippen molar-refractivity contribution in [2.45, 2.75) is 18.7 Å². The van der Waals surface area contributed by atoms with Crippen molar-refractivity contribution in [2.75, 3.05) is 18.9 Å². The summed E-state index contributed by atoms with van der Waals surface area (Å²) >= 11 is 0. The second kappa shape index (κ2) is 9.40. The van der Waals surface area contributed by atoms with Crippen LogP contribution in [0.2, 0.25) is 0 Å². The zero-order valence-electron chi connectivity index (χ0n) is 19.0. The largest absolute Gasteiger partial charge is 0.493 e. The lowest BCUT2D eigenvalue weighted by molar-refractivity contribution is 0.354. The van der Waals surface area contributed by atoms with Crippen molar-refractivity contribution in [1.82, 2.24) is 19.7 Å². The summed E-state index contributed by atoms with van der Waals surface area (Å²) in [6, 6.07) is 14.3. The molecule has 0 atom stereocenters. The van der Waals surface area contributed by atoms with Crippen molar-refractivity contribution in [1.29, 1.82) is 0 Å². The molecule has 0 unspecified atom stereocenters. The van der Waals surface area contributed by atoms with E-state index >= 15 is 0 Å². The summed E-state index contributed by atoms with van der Waals surface area (Å²) in [5, 5.41) is 8.28. The van der Waals surface area contributed by atoms with Gasteiger partial charge in [-0.1, -0.05) is 0 Å². The number of hydrogen-bond acceptors (Lipinski definition) is 8. The molecule has 0 fully saturated rings. The average Bonchev–Trinajstić information content (AvgIpc) is 3.18. The third-order valence-electron chi connectivity index (χ3n) is 5.12. The number of imidazole rings is 1. The molecular formula is C23H23N5O5S. The first-order chi connectivity index (χ1) is 16.3.